The fraction of sp³-hybridized carbons (Fsp3) is 0.722. The van der Waals surface area contributed by atoms with Crippen molar-refractivity contribution >= 4 is 11.8 Å². The zero-order chi connectivity index (χ0) is 27.9. The molecule has 0 radical (unpaired) electrons. The molecule has 0 bridgehead atoms. The van der Waals surface area contributed by atoms with Crippen molar-refractivity contribution in [2.75, 3.05) is 0 Å². The minimum Gasteiger partial charge on any atom is -0.458 e. The second-order valence-corrected chi connectivity index (χ2v) is 14.6. The minimum absolute atomic E-state index is 0.0604. The van der Waals surface area contributed by atoms with E-state index in [0.717, 1.165) is 36.5 Å². The minimum atomic E-state index is -0.247. The number of carbonyl (C=O) groups is 2. The average molecular weight is 533 g/mol. The van der Waals surface area contributed by atoms with E-state index in [2.05, 4.69) is 41.5 Å². The maximum absolute atomic E-state index is 13.9. The Morgan fingerprint density at radius 2 is 1.72 bits per heavy atom. The first-order chi connectivity index (χ1) is 18.6. The Bertz CT molecular complexity index is 1070. The molecule has 0 saturated heterocycles. The van der Waals surface area contributed by atoms with Crippen molar-refractivity contribution in [3.63, 3.8) is 0 Å². The molecule has 3 saturated carbocycles. The number of fused-ring (bicyclic) bond motifs is 5. The Labute approximate surface area is 237 Å². The summed E-state index contributed by atoms with van der Waals surface area (Å²) in [6.07, 6.45) is 13.4. The molecule has 3 fully saturated rings. The van der Waals surface area contributed by atoms with Gasteiger partial charge in [-0.05, 0) is 109 Å². The molecular formula is C36H52O3. The predicted octanol–water partition coefficient (Wildman–Crippen LogP) is 9.07. The lowest BCUT2D eigenvalue weighted by Crippen LogP contribution is -2.53. The molecule has 1 aromatic carbocycles. The Kier molecular flexibility index (Phi) is 8.20. The first-order valence-corrected chi connectivity index (χ1v) is 16.1. The van der Waals surface area contributed by atoms with Crippen LogP contribution in [-0.2, 0) is 9.53 Å². The predicted molar refractivity (Wildman–Crippen MR) is 158 cm³/mol. The summed E-state index contributed by atoms with van der Waals surface area (Å²) in [6.45, 7) is 14.6. The molecule has 3 nitrogen and oxygen atoms in total. The van der Waals surface area contributed by atoms with Gasteiger partial charge in [-0.15, -0.1) is 0 Å². The first kappa shape index (κ1) is 28.6. The van der Waals surface area contributed by atoms with Crippen LogP contribution in [0.25, 0.3) is 0 Å². The fourth-order valence-corrected chi connectivity index (χ4v) is 9.92. The van der Waals surface area contributed by atoms with E-state index >= 15 is 0 Å². The molecule has 9 atom stereocenters. The normalized spacial score (nSPS) is 37.4. The number of hydrogen-bond donors (Lipinski definition) is 0. The summed E-state index contributed by atoms with van der Waals surface area (Å²) in [7, 11) is 0. The lowest BCUT2D eigenvalue weighted by molar-refractivity contribution is -0.135. The van der Waals surface area contributed by atoms with Gasteiger partial charge in [0.1, 0.15) is 6.10 Å². The highest BCUT2D eigenvalue weighted by molar-refractivity contribution is 5.94. The van der Waals surface area contributed by atoms with Gasteiger partial charge in [-0.2, -0.15) is 0 Å². The molecule has 0 heterocycles. The highest BCUT2D eigenvalue weighted by Gasteiger charge is 2.61. The number of esters is 1. The van der Waals surface area contributed by atoms with Crippen LogP contribution in [0, 0.1) is 52.3 Å². The van der Waals surface area contributed by atoms with Crippen LogP contribution in [0.2, 0.25) is 0 Å². The number of allylic oxidation sites excluding steroid dienone is 1. The van der Waals surface area contributed by atoms with Gasteiger partial charge in [0.2, 0.25) is 0 Å². The van der Waals surface area contributed by atoms with Gasteiger partial charge in [0.15, 0.2) is 5.78 Å². The summed E-state index contributed by atoms with van der Waals surface area (Å²) in [6, 6.07) is 9.27. The third-order valence-corrected chi connectivity index (χ3v) is 12.4. The van der Waals surface area contributed by atoms with Crippen molar-refractivity contribution < 1.29 is 14.3 Å². The molecule has 0 aliphatic heterocycles. The van der Waals surface area contributed by atoms with Crippen LogP contribution < -0.4 is 0 Å². The molecule has 214 valence electrons. The number of hydrogen-bond acceptors (Lipinski definition) is 3. The summed E-state index contributed by atoms with van der Waals surface area (Å²) < 4.78 is 5.94. The summed E-state index contributed by atoms with van der Waals surface area (Å²) in [4.78, 5) is 26.6. The SMILES string of the molecule is CC[C@H](CC[C@@H](C)[C@H]1CC[C@@H]2[C@H]3C(=O)C=C4C[C@@H](OC(=O)c5ccccc5)CC[C@]4(C)[C@@H]3CC[C@]21C)C(C)C. The molecule has 5 rings (SSSR count). The average Bonchev–Trinajstić information content (AvgIpc) is 3.27. The van der Waals surface area contributed by atoms with Crippen molar-refractivity contribution in [3.8, 4) is 0 Å². The molecular weight excluding hydrogens is 480 g/mol. The topological polar surface area (TPSA) is 43.4 Å². The number of benzene rings is 1. The van der Waals surface area contributed by atoms with Gasteiger partial charge in [-0.25, -0.2) is 4.79 Å². The van der Waals surface area contributed by atoms with Gasteiger partial charge in [0, 0.05) is 12.3 Å². The third-order valence-electron chi connectivity index (χ3n) is 12.4. The third kappa shape index (κ3) is 5.17. The van der Waals surface area contributed by atoms with Crippen LogP contribution in [0.1, 0.15) is 116 Å². The summed E-state index contributed by atoms with van der Waals surface area (Å²) in [5.41, 5.74) is 2.20. The van der Waals surface area contributed by atoms with E-state index in [1.807, 2.05) is 36.4 Å². The quantitative estimate of drug-likeness (QED) is 0.314. The van der Waals surface area contributed by atoms with Crippen LogP contribution in [0.5, 0.6) is 0 Å². The van der Waals surface area contributed by atoms with Crippen molar-refractivity contribution in [3.05, 3.63) is 47.5 Å². The van der Waals surface area contributed by atoms with E-state index in [4.69, 9.17) is 4.74 Å². The number of ketones is 1. The molecule has 0 N–H and O–H groups in total. The molecule has 4 aliphatic carbocycles. The monoisotopic (exact) mass is 532 g/mol. The van der Waals surface area contributed by atoms with Gasteiger partial charge in [0.05, 0.1) is 5.56 Å². The highest BCUT2D eigenvalue weighted by atomic mass is 16.5. The molecule has 1 aromatic rings. The second kappa shape index (κ2) is 11.2. The van der Waals surface area contributed by atoms with Gasteiger partial charge in [-0.1, -0.05) is 78.2 Å². The zero-order valence-corrected chi connectivity index (χ0v) is 25.4. The van der Waals surface area contributed by atoms with Gasteiger partial charge >= 0.3 is 5.97 Å². The summed E-state index contributed by atoms with van der Waals surface area (Å²) in [5.74, 6) is 4.34. The maximum atomic E-state index is 13.9. The molecule has 3 heteroatoms. The Morgan fingerprint density at radius 3 is 2.41 bits per heavy atom. The standard InChI is InChI=1S/C36H52O3/c1-7-25(23(2)3)14-13-24(4)29-15-16-30-33-31(18-20-36(29,30)6)35(5)19-17-28(21-27(35)22-32(33)37)39-34(38)26-11-9-8-10-12-26/h8-12,22-25,28-31,33H,7,13-21H2,1-6H3/t24-,25-,28+,29-,30-,31-,33-,35+,36+/m1/s1. The zero-order valence-electron chi connectivity index (χ0n) is 25.4. The van der Waals surface area contributed by atoms with Crippen molar-refractivity contribution in [2.24, 2.45) is 52.3 Å². The van der Waals surface area contributed by atoms with Gasteiger partial charge in [-0.3, -0.25) is 4.79 Å². The highest BCUT2D eigenvalue weighted by Crippen LogP contribution is 2.66. The van der Waals surface area contributed by atoms with E-state index in [9.17, 15) is 9.59 Å². The van der Waals surface area contributed by atoms with Crippen LogP contribution in [0.4, 0.5) is 0 Å². The summed E-state index contributed by atoms with van der Waals surface area (Å²) >= 11 is 0. The van der Waals surface area contributed by atoms with E-state index in [1.165, 1.54) is 50.5 Å². The van der Waals surface area contributed by atoms with Crippen molar-refractivity contribution in [1.82, 2.24) is 0 Å². The van der Waals surface area contributed by atoms with E-state index in [1.54, 1.807) is 0 Å². The molecule has 0 unspecified atom stereocenters. The molecule has 4 aliphatic rings. The lowest BCUT2D eigenvalue weighted by Gasteiger charge is -2.57. The summed E-state index contributed by atoms with van der Waals surface area (Å²) in [5, 5.41) is 0. The van der Waals surface area contributed by atoms with E-state index in [0.29, 0.717) is 35.0 Å². The van der Waals surface area contributed by atoms with Crippen LogP contribution >= 0.6 is 0 Å². The van der Waals surface area contributed by atoms with Crippen LogP contribution in [0.15, 0.2) is 42.0 Å². The van der Waals surface area contributed by atoms with Crippen molar-refractivity contribution in [1.29, 1.82) is 0 Å². The number of rotatable bonds is 8. The number of ether oxygens (including phenoxy) is 1. The van der Waals surface area contributed by atoms with Crippen LogP contribution in [-0.4, -0.2) is 17.9 Å². The van der Waals surface area contributed by atoms with Crippen LogP contribution in [0.3, 0.4) is 0 Å². The number of carbonyl (C=O) groups excluding carboxylic acids is 2. The smallest absolute Gasteiger partial charge is 0.338 e. The molecule has 0 amide bonds. The Balaban J connectivity index is 1.29. The molecule has 0 aromatic heterocycles. The lowest BCUT2D eigenvalue weighted by atomic mass is 9.46. The molecule has 0 spiro atoms. The maximum Gasteiger partial charge on any atom is 0.338 e. The second-order valence-electron chi connectivity index (χ2n) is 14.6. The first-order valence-electron chi connectivity index (χ1n) is 16.1. The fourth-order valence-electron chi connectivity index (χ4n) is 9.92. The Hall–Kier alpha value is -1.90. The van der Waals surface area contributed by atoms with Gasteiger partial charge in [0.25, 0.3) is 0 Å². The van der Waals surface area contributed by atoms with E-state index in [-0.39, 0.29) is 23.4 Å². The van der Waals surface area contributed by atoms with Crippen molar-refractivity contribution in [2.45, 2.75) is 112 Å². The Morgan fingerprint density at radius 1 is 0.974 bits per heavy atom. The largest absolute Gasteiger partial charge is 0.458 e. The van der Waals surface area contributed by atoms with Gasteiger partial charge < -0.3 is 4.74 Å². The van der Waals surface area contributed by atoms with E-state index < -0.39 is 0 Å². The molecule has 39 heavy (non-hydrogen) atoms.